The molecule has 0 saturated carbocycles. The van der Waals surface area contributed by atoms with E-state index in [1.165, 1.54) is 0 Å². The van der Waals surface area contributed by atoms with Crippen molar-refractivity contribution in [1.82, 2.24) is 0 Å². The Morgan fingerprint density at radius 1 is 1.24 bits per heavy atom. The number of aliphatic hydroxyl groups excluding tert-OH is 1. The van der Waals surface area contributed by atoms with E-state index in [9.17, 15) is 5.11 Å². The number of hydrogen-bond donors (Lipinski definition) is 1. The van der Waals surface area contributed by atoms with Crippen LogP contribution in [0.1, 0.15) is 30.1 Å². The molecule has 0 radical (unpaired) electrons. The summed E-state index contributed by atoms with van der Waals surface area (Å²) in [6.07, 6.45) is -0.0998. The maximum absolute atomic E-state index is 10.2. The third-order valence-electron chi connectivity index (χ3n) is 2.55. The Bertz CT molecular complexity index is 520. The van der Waals surface area contributed by atoms with Crippen LogP contribution >= 0.6 is 23.2 Å². The van der Waals surface area contributed by atoms with Gasteiger partial charge in [-0.05, 0) is 30.3 Å². The summed E-state index contributed by atoms with van der Waals surface area (Å²) in [6, 6.07) is 8.58. The monoisotopic (exact) mass is 270 g/mol. The lowest BCUT2D eigenvalue weighted by atomic mass is 10.1. The van der Waals surface area contributed by atoms with Gasteiger partial charge >= 0.3 is 0 Å². The molecule has 1 aromatic heterocycles. The summed E-state index contributed by atoms with van der Waals surface area (Å²) in [5.74, 6) is 1.31. The van der Waals surface area contributed by atoms with Crippen molar-refractivity contribution < 1.29 is 9.52 Å². The van der Waals surface area contributed by atoms with Gasteiger partial charge in [-0.3, -0.25) is 0 Å². The fourth-order valence-corrected chi connectivity index (χ4v) is 2.01. The molecule has 1 unspecified atom stereocenters. The molecule has 0 aliphatic heterocycles. The van der Waals surface area contributed by atoms with Crippen molar-refractivity contribution in [1.29, 1.82) is 0 Å². The van der Waals surface area contributed by atoms with Crippen molar-refractivity contribution in [3.63, 3.8) is 0 Å². The summed E-state index contributed by atoms with van der Waals surface area (Å²) in [5, 5.41) is 11.2. The summed E-state index contributed by atoms with van der Waals surface area (Å²) >= 11 is 11.9. The first-order valence-corrected chi connectivity index (χ1v) is 6.09. The van der Waals surface area contributed by atoms with E-state index in [-0.39, 0.29) is 0 Å². The Balaban J connectivity index is 2.35. The van der Waals surface area contributed by atoms with Gasteiger partial charge in [0.2, 0.25) is 0 Å². The fourth-order valence-electron chi connectivity index (χ4n) is 1.61. The van der Waals surface area contributed by atoms with Crippen LogP contribution in [-0.4, -0.2) is 5.11 Å². The van der Waals surface area contributed by atoms with Gasteiger partial charge in [0.25, 0.3) is 0 Å². The third kappa shape index (κ3) is 2.65. The molecule has 0 aliphatic carbocycles. The molecular formula is C13H12Cl2O2. The normalized spacial score (nSPS) is 12.7. The second-order valence-electron chi connectivity index (χ2n) is 3.73. The Morgan fingerprint density at radius 2 is 2.00 bits per heavy atom. The number of aryl methyl sites for hydroxylation is 1. The smallest absolute Gasteiger partial charge is 0.138 e. The molecule has 17 heavy (non-hydrogen) atoms. The summed E-state index contributed by atoms with van der Waals surface area (Å²) in [5.41, 5.74) is 0.552. The Morgan fingerprint density at radius 3 is 2.65 bits per heavy atom. The maximum atomic E-state index is 10.2. The summed E-state index contributed by atoms with van der Waals surface area (Å²) in [7, 11) is 0. The molecule has 90 valence electrons. The lowest BCUT2D eigenvalue weighted by Gasteiger charge is -2.10. The van der Waals surface area contributed by atoms with E-state index in [1.54, 1.807) is 24.3 Å². The number of aliphatic hydroxyl groups is 1. The summed E-state index contributed by atoms with van der Waals surface area (Å²) < 4.78 is 5.49. The van der Waals surface area contributed by atoms with E-state index >= 15 is 0 Å². The Labute approximate surface area is 110 Å². The standard InChI is InChI=1S/C13H12Cl2O2/c1-2-9-4-6-12(17-9)13(16)10-7-8(14)3-5-11(10)15/h3-7,13,16H,2H2,1H3. The zero-order valence-corrected chi connectivity index (χ0v) is 10.8. The van der Waals surface area contributed by atoms with Gasteiger partial charge in [0.15, 0.2) is 0 Å². The second-order valence-corrected chi connectivity index (χ2v) is 4.57. The lowest BCUT2D eigenvalue weighted by molar-refractivity contribution is 0.187. The number of hydrogen-bond acceptors (Lipinski definition) is 2. The van der Waals surface area contributed by atoms with Crippen LogP contribution in [0.15, 0.2) is 34.7 Å². The molecule has 2 rings (SSSR count). The van der Waals surface area contributed by atoms with E-state index in [1.807, 2.05) is 13.0 Å². The molecule has 0 spiro atoms. The van der Waals surface area contributed by atoms with E-state index < -0.39 is 6.10 Å². The summed E-state index contributed by atoms with van der Waals surface area (Å²) in [6.45, 7) is 1.99. The largest absolute Gasteiger partial charge is 0.463 e. The van der Waals surface area contributed by atoms with E-state index in [0.717, 1.165) is 12.2 Å². The minimum Gasteiger partial charge on any atom is -0.463 e. The molecule has 0 fully saturated rings. The predicted octanol–water partition coefficient (Wildman–Crippen LogP) is 4.23. The number of rotatable bonds is 3. The molecule has 4 heteroatoms. The predicted molar refractivity (Wildman–Crippen MR) is 68.6 cm³/mol. The van der Waals surface area contributed by atoms with Gasteiger partial charge in [0.1, 0.15) is 17.6 Å². The zero-order valence-electron chi connectivity index (χ0n) is 9.28. The molecule has 0 saturated heterocycles. The lowest BCUT2D eigenvalue weighted by Crippen LogP contribution is -1.99. The van der Waals surface area contributed by atoms with Crippen LogP contribution in [0.25, 0.3) is 0 Å². The topological polar surface area (TPSA) is 33.4 Å². The van der Waals surface area contributed by atoms with Crippen LogP contribution in [0.3, 0.4) is 0 Å². The number of benzene rings is 1. The Hall–Kier alpha value is -0.960. The zero-order chi connectivity index (χ0) is 12.4. The van der Waals surface area contributed by atoms with Crippen LogP contribution in [0, 0.1) is 0 Å². The summed E-state index contributed by atoms with van der Waals surface area (Å²) in [4.78, 5) is 0. The van der Waals surface area contributed by atoms with Crippen molar-refractivity contribution in [2.75, 3.05) is 0 Å². The molecule has 2 aromatic rings. The average molecular weight is 271 g/mol. The van der Waals surface area contributed by atoms with Crippen LogP contribution < -0.4 is 0 Å². The van der Waals surface area contributed by atoms with Crippen molar-refractivity contribution >= 4 is 23.2 Å². The van der Waals surface area contributed by atoms with Crippen molar-refractivity contribution in [3.05, 3.63) is 57.5 Å². The molecule has 0 bridgehead atoms. The Kier molecular flexibility index (Phi) is 3.77. The minimum absolute atomic E-state index is 0.469. The first-order valence-electron chi connectivity index (χ1n) is 5.33. The average Bonchev–Trinajstić information content (AvgIpc) is 2.80. The van der Waals surface area contributed by atoms with Gasteiger partial charge in [-0.1, -0.05) is 30.1 Å². The van der Waals surface area contributed by atoms with Gasteiger partial charge in [-0.15, -0.1) is 0 Å². The van der Waals surface area contributed by atoms with Crippen molar-refractivity contribution in [2.45, 2.75) is 19.4 Å². The number of furan rings is 1. The van der Waals surface area contributed by atoms with Crippen molar-refractivity contribution in [2.24, 2.45) is 0 Å². The van der Waals surface area contributed by atoms with E-state index in [0.29, 0.717) is 21.4 Å². The van der Waals surface area contributed by atoms with Crippen LogP contribution in [0.5, 0.6) is 0 Å². The van der Waals surface area contributed by atoms with Crippen molar-refractivity contribution in [3.8, 4) is 0 Å². The fraction of sp³-hybridized carbons (Fsp3) is 0.231. The quantitative estimate of drug-likeness (QED) is 0.906. The van der Waals surface area contributed by atoms with E-state index in [4.69, 9.17) is 27.6 Å². The highest BCUT2D eigenvalue weighted by atomic mass is 35.5. The highest BCUT2D eigenvalue weighted by Crippen LogP contribution is 2.31. The van der Waals surface area contributed by atoms with Gasteiger partial charge in [-0.25, -0.2) is 0 Å². The molecule has 2 nitrogen and oxygen atoms in total. The maximum Gasteiger partial charge on any atom is 0.138 e. The molecule has 1 heterocycles. The van der Waals surface area contributed by atoms with E-state index in [2.05, 4.69) is 0 Å². The SMILES string of the molecule is CCc1ccc(C(O)c2cc(Cl)ccc2Cl)o1. The van der Waals surface area contributed by atoms with Crippen LogP contribution in [0.4, 0.5) is 0 Å². The van der Waals surface area contributed by atoms with Gasteiger partial charge in [0.05, 0.1) is 0 Å². The minimum atomic E-state index is -0.888. The van der Waals surface area contributed by atoms with Gasteiger partial charge < -0.3 is 9.52 Å². The van der Waals surface area contributed by atoms with Crippen LogP contribution in [-0.2, 0) is 6.42 Å². The number of halogens is 2. The molecule has 0 aliphatic rings. The first-order chi connectivity index (χ1) is 8.11. The van der Waals surface area contributed by atoms with Gasteiger partial charge in [0, 0.05) is 22.0 Å². The van der Waals surface area contributed by atoms with Gasteiger partial charge in [-0.2, -0.15) is 0 Å². The molecule has 1 atom stereocenters. The molecular weight excluding hydrogens is 259 g/mol. The highest BCUT2D eigenvalue weighted by Gasteiger charge is 2.17. The third-order valence-corrected chi connectivity index (χ3v) is 3.13. The molecule has 0 amide bonds. The highest BCUT2D eigenvalue weighted by molar-refractivity contribution is 6.33. The second kappa shape index (κ2) is 5.13. The van der Waals surface area contributed by atoms with Crippen LogP contribution in [0.2, 0.25) is 10.0 Å². The first kappa shape index (κ1) is 12.5. The molecule has 1 aromatic carbocycles. The molecule has 1 N–H and O–H groups in total.